The van der Waals surface area contributed by atoms with Gasteiger partial charge in [-0.2, -0.15) is 0 Å². The molecule has 0 aromatic carbocycles. The third-order valence-electron chi connectivity index (χ3n) is 6.45. The Kier molecular flexibility index (Phi) is 16.2. The second-order valence-corrected chi connectivity index (χ2v) is 12.1. The van der Waals surface area contributed by atoms with Crippen LogP contribution in [0.3, 0.4) is 0 Å². The van der Waals surface area contributed by atoms with Crippen LogP contribution in [0.5, 0.6) is 0 Å². The van der Waals surface area contributed by atoms with E-state index in [0.29, 0.717) is 32.4 Å². The number of ether oxygens (including phenoxy) is 2. The molecule has 1 rings (SSSR count). The molecule has 240 valence electrons. The monoisotopic (exact) mass is 595 g/mol. The molecule has 5 atom stereocenters. The third-order valence-corrected chi connectivity index (χ3v) is 6.45. The van der Waals surface area contributed by atoms with Crippen molar-refractivity contribution in [1.82, 2.24) is 26.6 Å². The van der Waals surface area contributed by atoms with Crippen LogP contribution in [-0.4, -0.2) is 79.2 Å². The van der Waals surface area contributed by atoms with Gasteiger partial charge in [-0.3, -0.25) is 14.4 Å². The summed E-state index contributed by atoms with van der Waals surface area (Å²) in [6, 6.07) is -2.60. The zero-order chi connectivity index (χ0) is 31.9. The molecule has 0 aromatic heterocycles. The molecule has 0 radical (unpaired) electrons. The van der Waals surface area contributed by atoms with Crippen molar-refractivity contribution in [2.24, 2.45) is 11.8 Å². The largest absolute Gasteiger partial charge is 0.463 e. The van der Waals surface area contributed by atoms with Gasteiger partial charge in [-0.25, -0.2) is 9.59 Å². The molecule has 5 amide bonds. The van der Waals surface area contributed by atoms with Crippen molar-refractivity contribution < 1.29 is 33.4 Å². The Morgan fingerprint density at radius 2 is 1.76 bits per heavy atom. The van der Waals surface area contributed by atoms with Crippen LogP contribution < -0.4 is 26.6 Å². The van der Waals surface area contributed by atoms with Crippen molar-refractivity contribution >= 4 is 29.7 Å². The number of carbonyl (C=O) groups is 5. The SMILES string of the molecule is CCCNC(=O)N[C@H](C(=O)N[C@H](CC(=O)N[C@H](/C=C/C(=O)OCC)C[C@@H]1CCNC1=O)CC(C)C)[C@@H](C)OC(C)(C)C. The molecule has 12 nitrogen and oxygen atoms in total. The number of nitrogens with one attached hydrogen (secondary N) is 5. The molecule has 0 aliphatic carbocycles. The van der Waals surface area contributed by atoms with Crippen molar-refractivity contribution in [3.63, 3.8) is 0 Å². The van der Waals surface area contributed by atoms with Crippen molar-refractivity contribution in [1.29, 1.82) is 0 Å². The summed E-state index contributed by atoms with van der Waals surface area (Å²) < 4.78 is 10.9. The van der Waals surface area contributed by atoms with Crippen LogP contribution >= 0.6 is 0 Å². The first-order valence-electron chi connectivity index (χ1n) is 15.1. The second-order valence-electron chi connectivity index (χ2n) is 12.1. The standard InChI is InChI=1S/C30H53N5O7/c1-9-14-32-29(40)35-26(20(5)42-30(6,7)8)28(39)34-23(16-19(3)4)18-24(36)33-22(11-12-25(37)41-10-2)17-21-13-15-31-27(21)38/h11-12,19-23,26H,9-10,13-18H2,1-8H3,(H,31,38)(H,33,36)(H,34,39)(H2,32,35,40)/b12-11+/t20-,21+,22-,23+,26+/m1/s1. The van der Waals surface area contributed by atoms with Gasteiger partial charge < -0.3 is 36.1 Å². The molecule has 5 N–H and O–H groups in total. The Bertz CT molecular complexity index is 931. The fraction of sp³-hybridized carbons (Fsp3) is 0.767. The van der Waals surface area contributed by atoms with E-state index in [1.807, 2.05) is 41.5 Å². The zero-order valence-electron chi connectivity index (χ0n) is 26.6. The molecule has 12 heteroatoms. The average Bonchev–Trinajstić information content (AvgIpc) is 3.27. The molecule has 0 saturated carbocycles. The number of carbonyl (C=O) groups excluding carboxylic acids is 5. The van der Waals surface area contributed by atoms with Crippen LogP contribution in [-0.2, 0) is 28.7 Å². The predicted octanol–water partition coefficient (Wildman–Crippen LogP) is 2.32. The molecule has 1 aliphatic rings. The Morgan fingerprint density at radius 1 is 1.07 bits per heavy atom. The summed E-state index contributed by atoms with van der Waals surface area (Å²) in [6.07, 6.45) is 4.33. The maximum atomic E-state index is 13.5. The van der Waals surface area contributed by atoms with E-state index in [0.717, 1.165) is 6.42 Å². The number of amides is 5. The van der Waals surface area contributed by atoms with Crippen LogP contribution in [0.4, 0.5) is 4.79 Å². The number of urea groups is 1. The van der Waals surface area contributed by atoms with Crippen LogP contribution in [0.2, 0.25) is 0 Å². The first-order valence-corrected chi connectivity index (χ1v) is 15.1. The zero-order valence-corrected chi connectivity index (χ0v) is 26.6. The Hall–Kier alpha value is -3.15. The summed E-state index contributed by atoms with van der Waals surface area (Å²) in [6.45, 7) is 16.2. The van der Waals surface area contributed by atoms with E-state index < -0.39 is 47.7 Å². The summed E-state index contributed by atoms with van der Waals surface area (Å²) in [5.74, 6) is -1.56. The molecular formula is C30H53N5O7. The number of hydrogen-bond donors (Lipinski definition) is 5. The lowest BCUT2D eigenvalue weighted by atomic mass is 9.97. The van der Waals surface area contributed by atoms with Crippen LogP contribution in [0.25, 0.3) is 0 Å². The topological polar surface area (TPSA) is 164 Å². The lowest BCUT2D eigenvalue weighted by Gasteiger charge is -2.32. The average molecular weight is 596 g/mol. The maximum absolute atomic E-state index is 13.5. The molecule has 0 unspecified atom stereocenters. The molecule has 0 aromatic rings. The minimum Gasteiger partial charge on any atom is -0.463 e. The number of rotatable bonds is 17. The minimum atomic E-state index is -1.00. The summed E-state index contributed by atoms with van der Waals surface area (Å²) in [7, 11) is 0. The molecule has 1 saturated heterocycles. The van der Waals surface area contributed by atoms with E-state index in [2.05, 4.69) is 26.6 Å². The number of hydrogen-bond acceptors (Lipinski definition) is 7. The van der Waals surface area contributed by atoms with E-state index >= 15 is 0 Å². The van der Waals surface area contributed by atoms with Crippen molar-refractivity contribution in [3.05, 3.63) is 12.2 Å². The lowest BCUT2D eigenvalue weighted by molar-refractivity contribution is -0.137. The highest BCUT2D eigenvalue weighted by molar-refractivity contribution is 5.88. The van der Waals surface area contributed by atoms with E-state index in [1.54, 1.807) is 13.8 Å². The fourth-order valence-corrected chi connectivity index (χ4v) is 4.74. The van der Waals surface area contributed by atoms with E-state index in [9.17, 15) is 24.0 Å². The maximum Gasteiger partial charge on any atom is 0.330 e. The molecule has 1 aliphatic heterocycles. The van der Waals surface area contributed by atoms with Gasteiger partial charge in [-0.1, -0.05) is 26.8 Å². The summed E-state index contributed by atoms with van der Waals surface area (Å²) in [4.78, 5) is 63.3. The van der Waals surface area contributed by atoms with Gasteiger partial charge in [-0.05, 0) is 66.2 Å². The molecule has 1 fully saturated rings. The van der Waals surface area contributed by atoms with Gasteiger partial charge in [0.1, 0.15) is 6.04 Å². The Labute approximate surface area is 250 Å². The van der Waals surface area contributed by atoms with Gasteiger partial charge in [0.15, 0.2) is 0 Å². The minimum absolute atomic E-state index is 0.0339. The Morgan fingerprint density at radius 3 is 2.31 bits per heavy atom. The smallest absolute Gasteiger partial charge is 0.330 e. The Balaban J connectivity index is 3.05. The van der Waals surface area contributed by atoms with Gasteiger partial charge in [0, 0.05) is 43.6 Å². The highest BCUT2D eigenvalue weighted by Gasteiger charge is 2.33. The van der Waals surface area contributed by atoms with Crippen LogP contribution in [0.1, 0.15) is 87.5 Å². The van der Waals surface area contributed by atoms with Crippen LogP contribution in [0, 0.1) is 11.8 Å². The fourth-order valence-electron chi connectivity index (χ4n) is 4.74. The first kappa shape index (κ1) is 36.9. The van der Waals surface area contributed by atoms with Gasteiger partial charge in [-0.15, -0.1) is 0 Å². The van der Waals surface area contributed by atoms with E-state index in [1.165, 1.54) is 12.2 Å². The van der Waals surface area contributed by atoms with E-state index in [-0.39, 0.29) is 36.7 Å². The van der Waals surface area contributed by atoms with Gasteiger partial charge in [0.25, 0.3) is 0 Å². The number of esters is 1. The van der Waals surface area contributed by atoms with Crippen LogP contribution in [0.15, 0.2) is 12.2 Å². The third kappa shape index (κ3) is 15.2. The molecule has 1 heterocycles. The normalized spacial score (nSPS) is 18.1. The molecule has 0 bridgehead atoms. The summed E-state index contributed by atoms with van der Waals surface area (Å²) in [5, 5.41) is 14.1. The highest BCUT2D eigenvalue weighted by Crippen LogP contribution is 2.18. The van der Waals surface area contributed by atoms with Crippen molar-refractivity contribution in [3.8, 4) is 0 Å². The molecule has 42 heavy (non-hydrogen) atoms. The van der Waals surface area contributed by atoms with E-state index in [4.69, 9.17) is 9.47 Å². The van der Waals surface area contributed by atoms with Gasteiger partial charge in [0.05, 0.1) is 18.3 Å². The molecular weight excluding hydrogens is 542 g/mol. The van der Waals surface area contributed by atoms with Gasteiger partial charge in [0.2, 0.25) is 17.7 Å². The predicted molar refractivity (Wildman–Crippen MR) is 160 cm³/mol. The first-order chi connectivity index (χ1) is 19.6. The quantitative estimate of drug-likeness (QED) is 0.127. The molecule has 0 spiro atoms. The summed E-state index contributed by atoms with van der Waals surface area (Å²) >= 11 is 0. The lowest BCUT2D eigenvalue weighted by Crippen LogP contribution is -2.58. The van der Waals surface area contributed by atoms with Crippen molar-refractivity contribution in [2.75, 3.05) is 19.7 Å². The van der Waals surface area contributed by atoms with Crippen molar-refractivity contribution in [2.45, 2.75) is 117 Å². The van der Waals surface area contributed by atoms with Gasteiger partial charge >= 0.3 is 12.0 Å². The summed E-state index contributed by atoms with van der Waals surface area (Å²) in [5.41, 5.74) is -0.557. The highest BCUT2D eigenvalue weighted by atomic mass is 16.5. The second kappa shape index (κ2) is 18.4.